The minimum Gasteiger partial charge on any atom is -0.192 e. The molecule has 0 saturated carbocycles. The van der Waals surface area contributed by atoms with Crippen LogP contribution in [0.1, 0.15) is 245 Å². The largest absolute Gasteiger partial charge is 0.192 e. The van der Waals surface area contributed by atoms with E-state index in [0.29, 0.717) is 122 Å². The van der Waals surface area contributed by atoms with Crippen molar-refractivity contribution in [3.05, 3.63) is 378 Å². The summed E-state index contributed by atoms with van der Waals surface area (Å²) >= 11 is 0. The third kappa shape index (κ3) is 31.5. The average molecular weight is 1720 g/mol. The molecule has 638 valence electrons. The maximum Gasteiger partial charge on any atom is 0.101 e. The van der Waals surface area contributed by atoms with Crippen LogP contribution in [-0.4, -0.2) is 0 Å². The molecule has 0 aliphatic rings. The zero-order chi connectivity index (χ0) is 101. The summed E-state index contributed by atoms with van der Waals surface area (Å²) in [6.07, 6.45) is 0. The fourth-order valence-corrected chi connectivity index (χ4v) is 12.0. The molecule has 0 aromatic heterocycles. The van der Waals surface area contributed by atoms with Gasteiger partial charge in [0, 0.05) is 0 Å². The van der Waals surface area contributed by atoms with Gasteiger partial charge in [0.15, 0.2) is 0 Å². The molecule has 11 aromatic carbocycles. The lowest BCUT2D eigenvalue weighted by Crippen LogP contribution is -1.91. The van der Waals surface area contributed by atoms with Gasteiger partial charge < -0.3 is 0 Å². The van der Waals surface area contributed by atoms with Crippen LogP contribution in [0.25, 0.3) is 0 Å². The Kier molecular flexibility index (Phi) is 46.2. The second-order valence-corrected chi connectivity index (χ2v) is 29.6. The smallest absolute Gasteiger partial charge is 0.101 e. The van der Waals surface area contributed by atoms with Crippen LogP contribution < -0.4 is 0 Å². The Hall–Kier alpha value is -19.8. The van der Waals surface area contributed by atoms with Gasteiger partial charge in [-0.25, -0.2) is 0 Å². The van der Waals surface area contributed by atoms with E-state index in [9.17, 15) is 0 Å². The van der Waals surface area contributed by atoms with Crippen molar-refractivity contribution in [3.63, 3.8) is 0 Å². The minimum absolute atomic E-state index is 0.459. The van der Waals surface area contributed by atoms with Crippen molar-refractivity contribution in [2.24, 2.45) is 0 Å². The van der Waals surface area contributed by atoms with Gasteiger partial charge in [-0.1, -0.05) is 36.4 Å². The second-order valence-electron chi connectivity index (χ2n) is 29.6. The number of nitriles is 22. The van der Waals surface area contributed by atoms with Gasteiger partial charge in [-0.3, -0.25) is 0 Å². The van der Waals surface area contributed by atoms with E-state index in [0.717, 1.165) is 122 Å². The predicted molar refractivity (Wildman–Crippen MR) is 499 cm³/mol. The molecular formula is C110H88N22. The number of hydrogen-bond acceptors (Lipinski definition) is 22. The monoisotopic (exact) mass is 1720 g/mol. The number of rotatable bonds is 0. The highest BCUT2D eigenvalue weighted by molar-refractivity contribution is 5.59. The molecule has 11 rings (SSSR count). The Bertz CT molecular complexity index is 6990. The molecule has 0 aliphatic carbocycles. The molecule has 0 atom stereocenters. The van der Waals surface area contributed by atoms with E-state index in [-0.39, 0.29) is 0 Å². The van der Waals surface area contributed by atoms with Crippen molar-refractivity contribution < 1.29 is 0 Å². The van der Waals surface area contributed by atoms with Gasteiger partial charge in [0.1, 0.15) is 48.6 Å². The summed E-state index contributed by atoms with van der Waals surface area (Å²) in [5.74, 6) is 0. The molecule has 0 saturated heterocycles. The highest BCUT2D eigenvalue weighted by atomic mass is 14.4. The Morgan fingerprint density at radius 2 is 0.394 bits per heavy atom. The number of hydrogen-bond donors (Lipinski definition) is 0. The van der Waals surface area contributed by atoms with Gasteiger partial charge in [0.2, 0.25) is 0 Å². The van der Waals surface area contributed by atoms with E-state index in [1.807, 2.05) is 242 Å². The van der Waals surface area contributed by atoms with Crippen molar-refractivity contribution >= 4 is 0 Å². The first-order chi connectivity index (χ1) is 62.6. The van der Waals surface area contributed by atoms with Crippen molar-refractivity contribution in [3.8, 4) is 134 Å². The van der Waals surface area contributed by atoms with E-state index in [1.54, 1.807) is 117 Å². The summed E-state index contributed by atoms with van der Waals surface area (Å²) in [6.45, 7) is 41.0. The van der Waals surface area contributed by atoms with Crippen molar-refractivity contribution in [2.75, 3.05) is 0 Å². The Morgan fingerprint density at radius 1 is 0.121 bits per heavy atom. The Balaban J connectivity index is 0.000000726. The van der Waals surface area contributed by atoms with Gasteiger partial charge in [0.05, 0.1) is 207 Å². The fourth-order valence-electron chi connectivity index (χ4n) is 12.0. The van der Waals surface area contributed by atoms with Gasteiger partial charge in [0.25, 0.3) is 0 Å². The molecule has 132 heavy (non-hydrogen) atoms. The van der Waals surface area contributed by atoms with E-state index in [4.69, 9.17) is 116 Å². The number of benzene rings is 11. The van der Waals surface area contributed by atoms with Crippen molar-refractivity contribution in [1.82, 2.24) is 0 Å². The molecule has 0 spiro atoms. The van der Waals surface area contributed by atoms with Crippen LogP contribution in [0.15, 0.2) is 133 Å². The molecule has 0 unspecified atom stereocenters. The molecular weight excluding hydrogens is 1630 g/mol. The standard InChI is InChI=1S/11C10H8N2/c1-7-3-9(5-11)4-10(6-12)8(7)2;1-7-3-10(6-12)8(2)4-9(7)5-11;1-7-3-9(5-11)4-8(2)10(7)6-12;1-7-3-9(5-11)10(6-12)4-8(7)2;1-7-3-8(2)10(6-12)4-9(7)5-11;1-7-3-9(5-11)8(2)10(4-7)6-12;1-7-3-8(2)10(6-12)9(4-7)5-11;1-7-8(2)10(6-12)4-3-9(7)5-11;1-7-3-4-9(5-11)8(2)10(7)6-12;1-7-3-4-9(5-11)10(6-12)8(7)2;1-7-3-4-8(2)10(6-12)9(7)5-11/h11*3-4H,1-2H3. The first-order valence-electron chi connectivity index (χ1n) is 39.6. The number of aryl methyl sites for hydroxylation is 16. The van der Waals surface area contributed by atoms with Crippen LogP contribution in [0.3, 0.4) is 0 Å². The fraction of sp³-hybridized carbons (Fsp3) is 0.200. The van der Waals surface area contributed by atoms with E-state index in [2.05, 4.69) is 60.7 Å². The van der Waals surface area contributed by atoms with Crippen LogP contribution >= 0.6 is 0 Å². The first-order valence-corrected chi connectivity index (χ1v) is 39.6. The molecule has 0 radical (unpaired) electrons. The molecule has 0 N–H and O–H groups in total. The topological polar surface area (TPSA) is 523 Å². The van der Waals surface area contributed by atoms with E-state index in [1.165, 1.54) is 0 Å². The first kappa shape index (κ1) is 110. The summed E-state index contributed by atoms with van der Waals surface area (Å²) in [6, 6.07) is 83.7. The van der Waals surface area contributed by atoms with Gasteiger partial charge in [-0.15, -0.1) is 0 Å². The van der Waals surface area contributed by atoms with E-state index >= 15 is 0 Å². The molecule has 0 amide bonds. The van der Waals surface area contributed by atoms with E-state index < -0.39 is 0 Å². The molecule has 0 heterocycles. The highest BCUT2D eigenvalue weighted by Gasteiger charge is 2.13. The minimum atomic E-state index is 0.459. The van der Waals surface area contributed by atoms with Crippen molar-refractivity contribution in [2.45, 2.75) is 152 Å². The molecule has 0 aliphatic heterocycles. The van der Waals surface area contributed by atoms with Crippen LogP contribution in [-0.2, 0) is 0 Å². The lowest BCUT2D eigenvalue weighted by Gasteiger charge is -2.02. The third-order valence-corrected chi connectivity index (χ3v) is 20.4. The summed E-state index contributed by atoms with van der Waals surface area (Å²) < 4.78 is 0. The molecule has 0 fully saturated rings. The van der Waals surface area contributed by atoms with Crippen molar-refractivity contribution in [1.29, 1.82) is 116 Å². The molecule has 0 bridgehead atoms. The lowest BCUT2D eigenvalue weighted by molar-refractivity contribution is 1.28. The predicted octanol–water partition coefficient (Wildman–Crippen LogP) is 22.5. The SMILES string of the molecule is Cc1c(C#N)ccc(C#N)c1C.Cc1cc(C#N)c(C#N)cc1C.Cc1cc(C#N)c(C)c(C#N)c1.Cc1cc(C#N)c(C)cc1C#N.Cc1cc(C#N)cc(C#N)c1C.Cc1cc(C#N)cc(C)c1C#N.Cc1cc(C)c(C#N)c(C#N)c1.Cc1cc(C)c(C#N)cc1C#N.Cc1ccc(C#N)c(C#N)c1C.Cc1ccc(C#N)c(C)c1C#N.Cc1ccc(C)c(C#N)c1C#N. The Labute approximate surface area is 775 Å². The summed E-state index contributed by atoms with van der Waals surface area (Å²) in [5, 5.41) is 191. The van der Waals surface area contributed by atoms with Crippen LogP contribution in [0.2, 0.25) is 0 Å². The van der Waals surface area contributed by atoms with Gasteiger partial charge >= 0.3 is 0 Å². The third-order valence-electron chi connectivity index (χ3n) is 20.4. The normalized spacial score (nSPS) is 8.67. The summed E-state index contributed by atoms with van der Waals surface area (Å²) in [7, 11) is 0. The molecule has 22 heteroatoms. The second kappa shape index (κ2) is 55.3. The average Bonchev–Trinajstić information content (AvgIpc) is 0.844. The maximum absolute atomic E-state index is 8.76. The number of nitrogens with zero attached hydrogens (tertiary/aromatic N) is 22. The summed E-state index contributed by atoms with van der Waals surface area (Å²) in [4.78, 5) is 0. The lowest BCUT2D eigenvalue weighted by atomic mass is 9.99. The molecule has 11 aromatic rings. The van der Waals surface area contributed by atoms with Crippen LogP contribution in [0.5, 0.6) is 0 Å². The zero-order valence-corrected chi connectivity index (χ0v) is 77.5. The highest BCUT2D eigenvalue weighted by Crippen LogP contribution is 2.24. The quantitative estimate of drug-likeness (QED) is 0.136. The van der Waals surface area contributed by atoms with Gasteiger partial charge in [-0.2, -0.15) is 116 Å². The van der Waals surface area contributed by atoms with Crippen LogP contribution in [0.4, 0.5) is 0 Å². The molecule has 22 nitrogen and oxygen atoms in total. The van der Waals surface area contributed by atoms with Gasteiger partial charge in [-0.05, 0) is 372 Å². The van der Waals surface area contributed by atoms with Crippen LogP contribution in [0, 0.1) is 402 Å². The summed E-state index contributed by atoms with van der Waals surface area (Å²) in [5.41, 5.74) is 32.5. The zero-order valence-electron chi connectivity index (χ0n) is 77.5. The maximum atomic E-state index is 8.76. The Morgan fingerprint density at radius 3 is 0.758 bits per heavy atom.